The molecule has 0 amide bonds. The maximum Gasteiger partial charge on any atom is 0.131 e. The molecule has 146 valence electrons. The monoisotopic (exact) mass is 387 g/mol. The highest BCUT2D eigenvalue weighted by atomic mass is 19.1. The maximum absolute atomic E-state index is 14.7. The van der Waals surface area contributed by atoms with Crippen LogP contribution in [0.15, 0.2) is 85.2 Å². The zero-order chi connectivity index (χ0) is 20.1. The first-order chi connectivity index (χ1) is 14.3. The number of hydrogen-bond donors (Lipinski definition) is 3. The summed E-state index contributed by atoms with van der Waals surface area (Å²) in [6.45, 7) is 0.442. The highest BCUT2D eigenvalue weighted by Crippen LogP contribution is 2.30. The van der Waals surface area contributed by atoms with Crippen molar-refractivity contribution in [2.24, 2.45) is 0 Å². The molecule has 0 spiro atoms. The molecule has 0 aliphatic rings. The van der Waals surface area contributed by atoms with Gasteiger partial charge in [0.25, 0.3) is 0 Å². The number of aliphatic hydroxyl groups excluding tert-OH is 1. The standard InChI is InChI=1S/C24H22FN3O/c25-23-11-10-20(24(26-12-13-29)21-15-27-28-16-21)14-22(23)19-8-6-18(7-9-19)17-4-2-1-3-5-17/h1-11,14-16,24,26,29H,12-13H2,(H,27,28). The van der Waals surface area contributed by atoms with Gasteiger partial charge in [0.15, 0.2) is 0 Å². The van der Waals surface area contributed by atoms with Crippen LogP contribution < -0.4 is 5.32 Å². The largest absolute Gasteiger partial charge is 0.395 e. The number of halogens is 1. The second-order valence-corrected chi connectivity index (χ2v) is 6.83. The van der Waals surface area contributed by atoms with Crippen LogP contribution in [0.2, 0.25) is 0 Å². The van der Waals surface area contributed by atoms with Gasteiger partial charge in [-0.05, 0) is 34.4 Å². The molecule has 3 N–H and O–H groups in total. The SMILES string of the molecule is OCCNC(c1cn[nH]c1)c1ccc(F)c(-c2ccc(-c3ccccc3)cc2)c1. The summed E-state index contributed by atoms with van der Waals surface area (Å²) in [5, 5.41) is 19.3. The molecule has 1 aromatic heterocycles. The van der Waals surface area contributed by atoms with Crippen LogP contribution in [0.5, 0.6) is 0 Å². The number of hydrogen-bond acceptors (Lipinski definition) is 3. The molecule has 0 saturated carbocycles. The van der Waals surface area contributed by atoms with Gasteiger partial charge in [-0.1, -0.05) is 60.7 Å². The van der Waals surface area contributed by atoms with Crippen molar-refractivity contribution < 1.29 is 9.50 Å². The molecule has 4 rings (SSSR count). The molecule has 1 unspecified atom stereocenters. The van der Waals surface area contributed by atoms with Crippen molar-refractivity contribution in [2.45, 2.75) is 6.04 Å². The molecule has 0 radical (unpaired) electrons. The van der Waals surface area contributed by atoms with Gasteiger partial charge < -0.3 is 10.4 Å². The summed E-state index contributed by atoms with van der Waals surface area (Å²) in [6, 6.07) is 22.9. The Hall–Kier alpha value is -3.28. The molecule has 5 heteroatoms. The molecule has 29 heavy (non-hydrogen) atoms. The van der Waals surface area contributed by atoms with Crippen molar-refractivity contribution in [2.75, 3.05) is 13.2 Å². The molecule has 0 aliphatic carbocycles. The molecule has 0 bridgehead atoms. The van der Waals surface area contributed by atoms with Crippen LogP contribution in [0.3, 0.4) is 0 Å². The van der Waals surface area contributed by atoms with Crippen LogP contribution in [0, 0.1) is 5.82 Å². The van der Waals surface area contributed by atoms with Crippen molar-refractivity contribution in [3.63, 3.8) is 0 Å². The number of benzene rings is 3. The van der Waals surface area contributed by atoms with E-state index < -0.39 is 0 Å². The van der Waals surface area contributed by atoms with E-state index in [9.17, 15) is 9.50 Å². The minimum atomic E-state index is -0.269. The Morgan fingerprint density at radius 3 is 2.31 bits per heavy atom. The number of aliphatic hydroxyl groups is 1. The minimum absolute atomic E-state index is 0.0172. The van der Waals surface area contributed by atoms with E-state index in [4.69, 9.17) is 0 Å². The minimum Gasteiger partial charge on any atom is -0.395 e. The summed E-state index contributed by atoms with van der Waals surface area (Å²) >= 11 is 0. The van der Waals surface area contributed by atoms with Gasteiger partial charge in [-0.3, -0.25) is 5.10 Å². The highest BCUT2D eigenvalue weighted by molar-refractivity contribution is 5.71. The Bertz CT molecular complexity index is 1050. The number of nitrogens with one attached hydrogen (secondary N) is 2. The predicted octanol–water partition coefficient (Wildman–Crippen LogP) is 4.55. The number of aromatic amines is 1. The van der Waals surface area contributed by atoms with E-state index in [2.05, 4.69) is 27.6 Å². The summed E-state index contributed by atoms with van der Waals surface area (Å²) < 4.78 is 14.7. The topological polar surface area (TPSA) is 60.9 Å². The first-order valence-corrected chi connectivity index (χ1v) is 9.54. The summed E-state index contributed by atoms with van der Waals surface area (Å²) in [5.41, 5.74) is 5.41. The van der Waals surface area contributed by atoms with Crippen molar-refractivity contribution >= 4 is 0 Å². The predicted molar refractivity (Wildman–Crippen MR) is 113 cm³/mol. The zero-order valence-corrected chi connectivity index (χ0v) is 15.8. The van der Waals surface area contributed by atoms with Crippen molar-refractivity contribution in [3.8, 4) is 22.3 Å². The second kappa shape index (κ2) is 8.82. The first kappa shape index (κ1) is 19.1. The molecule has 1 heterocycles. The Morgan fingerprint density at radius 2 is 1.62 bits per heavy atom. The lowest BCUT2D eigenvalue weighted by Crippen LogP contribution is -2.25. The second-order valence-electron chi connectivity index (χ2n) is 6.83. The van der Waals surface area contributed by atoms with E-state index >= 15 is 0 Å². The Balaban J connectivity index is 1.67. The third-order valence-electron chi connectivity index (χ3n) is 4.94. The van der Waals surface area contributed by atoms with Gasteiger partial charge in [-0.15, -0.1) is 0 Å². The number of rotatable bonds is 7. The van der Waals surface area contributed by atoms with Crippen LogP contribution in [-0.4, -0.2) is 28.5 Å². The van der Waals surface area contributed by atoms with Gasteiger partial charge in [0.05, 0.1) is 18.8 Å². The molecule has 3 aromatic carbocycles. The van der Waals surface area contributed by atoms with E-state index in [0.29, 0.717) is 12.1 Å². The molecule has 4 aromatic rings. The smallest absolute Gasteiger partial charge is 0.131 e. The summed E-state index contributed by atoms with van der Waals surface area (Å²) in [4.78, 5) is 0. The van der Waals surface area contributed by atoms with Crippen LogP contribution in [0.4, 0.5) is 4.39 Å². The van der Waals surface area contributed by atoms with Gasteiger partial charge in [-0.25, -0.2) is 4.39 Å². The Labute approximate surface area is 169 Å². The first-order valence-electron chi connectivity index (χ1n) is 9.54. The lowest BCUT2D eigenvalue weighted by molar-refractivity contribution is 0.288. The lowest BCUT2D eigenvalue weighted by Gasteiger charge is -2.19. The highest BCUT2D eigenvalue weighted by Gasteiger charge is 2.17. The van der Waals surface area contributed by atoms with Gasteiger partial charge in [0.2, 0.25) is 0 Å². The van der Waals surface area contributed by atoms with Gasteiger partial charge in [-0.2, -0.15) is 5.10 Å². The maximum atomic E-state index is 14.7. The van der Waals surface area contributed by atoms with E-state index in [1.807, 2.05) is 48.5 Å². The Kier molecular flexibility index (Phi) is 5.79. The molecule has 1 atom stereocenters. The molecular formula is C24H22FN3O. The number of H-pyrrole nitrogens is 1. The van der Waals surface area contributed by atoms with E-state index in [0.717, 1.165) is 27.8 Å². The fourth-order valence-corrected chi connectivity index (χ4v) is 3.47. The van der Waals surface area contributed by atoms with E-state index in [1.165, 1.54) is 6.07 Å². The summed E-state index contributed by atoms with van der Waals surface area (Å²) in [6.07, 6.45) is 3.53. The van der Waals surface area contributed by atoms with Crippen molar-refractivity contribution in [1.82, 2.24) is 15.5 Å². The van der Waals surface area contributed by atoms with Crippen LogP contribution in [-0.2, 0) is 0 Å². The molecular weight excluding hydrogens is 365 g/mol. The zero-order valence-electron chi connectivity index (χ0n) is 15.8. The molecule has 0 aliphatic heterocycles. The fraction of sp³-hybridized carbons (Fsp3) is 0.125. The van der Waals surface area contributed by atoms with Gasteiger partial charge >= 0.3 is 0 Å². The van der Waals surface area contributed by atoms with Crippen LogP contribution >= 0.6 is 0 Å². The van der Waals surface area contributed by atoms with Crippen molar-refractivity contribution in [1.29, 1.82) is 0 Å². The summed E-state index contributed by atoms with van der Waals surface area (Å²) in [5.74, 6) is -0.269. The number of aromatic nitrogens is 2. The average molecular weight is 387 g/mol. The molecule has 0 fully saturated rings. The fourth-order valence-electron chi connectivity index (χ4n) is 3.47. The summed E-state index contributed by atoms with van der Waals surface area (Å²) in [7, 11) is 0. The van der Waals surface area contributed by atoms with Crippen LogP contribution in [0.1, 0.15) is 17.2 Å². The number of nitrogens with zero attached hydrogens (tertiary/aromatic N) is 1. The van der Waals surface area contributed by atoms with Gasteiger partial charge in [0.1, 0.15) is 5.82 Å². The third kappa shape index (κ3) is 4.26. The third-order valence-corrected chi connectivity index (χ3v) is 4.94. The van der Waals surface area contributed by atoms with Crippen molar-refractivity contribution in [3.05, 3.63) is 102 Å². The molecule has 0 saturated heterocycles. The van der Waals surface area contributed by atoms with E-state index in [-0.39, 0.29) is 18.5 Å². The normalized spacial score (nSPS) is 12.1. The Morgan fingerprint density at radius 1 is 0.897 bits per heavy atom. The van der Waals surface area contributed by atoms with Gasteiger partial charge in [0, 0.05) is 23.9 Å². The quantitative estimate of drug-likeness (QED) is 0.436. The van der Waals surface area contributed by atoms with Crippen LogP contribution in [0.25, 0.3) is 22.3 Å². The van der Waals surface area contributed by atoms with E-state index in [1.54, 1.807) is 18.5 Å². The molecule has 4 nitrogen and oxygen atoms in total. The lowest BCUT2D eigenvalue weighted by atomic mass is 9.95. The average Bonchev–Trinajstić information content (AvgIpc) is 3.30.